The predicted octanol–water partition coefficient (Wildman–Crippen LogP) is 0.0405. The van der Waals surface area contributed by atoms with Gasteiger partial charge in [0, 0.05) is 7.05 Å². The first-order valence-electron chi connectivity index (χ1n) is 4.49. The van der Waals surface area contributed by atoms with Crippen LogP contribution >= 0.6 is 0 Å². The Labute approximate surface area is 90.8 Å². The molecule has 0 atom stereocenters. The molecule has 3 N–H and O–H groups in total. The summed E-state index contributed by atoms with van der Waals surface area (Å²) in [7, 11) is -1.96. The molecule has 0 heterocycles. The van der Waals surface area contributed by atoms with Gasteiger partial charge in [-0.2, -0.15) is 4.31 Å². The quantitative estimate of drug-likeness (QED) is 0.312. The first-order chi connectivity index (χ1) is 6.58. The van der Waals surface area contributed by atoms with Crippen molar-refractivity contribution in [1.29, 1.82) is 0 Å². The van der Waals surface area contributed by atoms with Crippen molar-refractivity contribution >= 4 is 15.9 Å². The minimum atomic E-state index is -3.36. The molecule has 90 valence electrons. The van der Waals surface area contributed by atoms with E-state index in [4.69, 9.17) is 10.9 Å². The van der Waals surface area contributed by atoms with E-state index in [1.807, 2.05) is 20.8 Å². The van der Waals surface area contributed by atoms with Gasteiger partial charge in [0.25, 0.3) is 0 Å². The molecule has 6 nitrogen and oxygen atoms in total. The third-order valence-electron chi connectivity index (χ3n) is 1.60. The Kier molecular flexibility index (Phi) is 4.54. The molecule has 0 fully saturated rings. The number of hydrogen-bond donors (Lipinski definition) is 2. The molecule has 0 rings (SSSR count). The molecule has 0 aliphatic carbocycles. The molecule has 0 bridgehead atoms. The van der Waals surface area contributed by atoms with Crippen LogP contribution in [0.1, 0.15) is 20.8 Å². The molecular weight excluding hydrogens is 218 g/mol. The van der Waals surface area contributed by atoms with Gasteiger partial charge < -0.3 is 10.9 Å². The van der Waals surface area contributed by atoms with E-state index in [9.17, 15) is 8.42 Å². The second-order valence-corrected chi connectivity index (χ2v) is 6.74. The fourth-order valence-corrected chi connectivity index (χ4v) is 2.66. The molecule has 0 amide bonds. The zero-order valence-corrected chi connectivity index (χ0v) is 10.4. The first kappa shape index (κ1) is 14.2. The number of amidine groups is 1. The summed E-state index contributed by atoms with van der Waals surface area (Å²) in [6.45, 7) is 5.40. The highest BCUT2D eigenvalue weighted by Crippen LogP contribution is 2.17. The van der Waals surface area contributed by atoms with Crippen LogP contribution in [0, 0.1) is 5.41 Å². The number of rotatable bonds is 4. The summed E-state index contributed by atoms with van der Waals surface area (Å²) in [5.41, 5.74) is 4.91. The van der Waals surface area contributed by atoms with E-state index in [1.54, 1.807) is 0 Å². The number of sulfonamides is 1. The zero-order valence-electron chi connectivity index (χ0n) is 9.56. The van der Waals surface area contributed by atoms with Crippen LogP contribution in [0.3, 0.4) is 0 Å². The third-order valence-corrected chi connectivity index (χ3v) is 3.91. The molecule has 0 aromatic rings. The Hall–Kier alpha value is -0.820. The first-order valence-corrected chi connectivity index (χ1v) is 6.10. The van der Waals surface area contributed by atoms with Gasteiger partial charge in [-0.05, 0) is 5.41 Å². The van der Waals surface area contributed by atoms with Crippen molar-refractivity contribution in [2.75, 3.05) is 19.3 Å². The van der Waals surface area contributed by atoms with Gasteiger partial charge in [-0.15, -0.1) is 0 Å². The van der Waals surface area contributed by atoms with E-state index >= 15 is 0 Å². The Morgan fingerprint density at radius 1 is 1.47 bits per heavy atom. The average molecular weight is 237 g/mol. The van der Waals surface area contributed by atoms with E-state index in [0.29, 0.717) is 0 Å². The van der Waals surface area contributed by atoms with Crippen LogP contribution in [0.5, 0.6) is 0 Å². The van der Waals surface area contributed by atoms with Crippen LogP contribution in [-0.2, 0) is 10.0 Å². The third kappa shape index (κ3) is 5.58. The molecule has 0 radical (unpaired) electrons. The van der Waals surface area contributed by atoms with Gasteiger partial charge in [0.2, 0.25) is 10.0 Å². The predicted molar refractivity (Wildman–Crippen MR) is 59.3 cm³/mol. The molecule has 0 aliphatic heterocycles. The molecule has 0 aliphatic rings. The highest BCUT2D eigenvalue weighted by Gasteiger charge is 2.25. The van der Waals surface area contributed by atoms with Gasteiger partial charge >= 0.3 is 0 Å². The van der Waals surface area contributed by atoms with Crippen LogP contribution in [0.4, 0.5) is 0 Å². The van der Waals surface area contributed by atoms with E-state index in [1.165, 1.54) is 7.05 Å². The van der Waals surface area contributed by atoms with Crippen molar-refractivity contribution in [3.63, 3.8) is 0 Å². The molecule has 0 aromatic heterocycles. The summed E-state index contributed by atoms with van der Waals surface area (Å²) >= 11 is 0. The van der Waals surface area contributed by atoms with Crippen LogP contribution < -0.4 is 5.73 Å². The smallest absolute Gasteiger partial charge is 0.214 e. The van der Waals surface area contributed by atoms with Crippen molar-refractivity contribution in [1.82, 2.24) is 4.31 Å². The zero-order chi connectivity index (χ0) is 12.3. The summed E-state index contributed by atoms with van der Waals surface area (Å²) in [5, 5.41) is 11.1. The molecule has 0 saturated heterocycles. The maximum absolute atomic E-state index is 11.7. The van der Waals surface area contributed by atoms with Crippen molar-refractivity contribution in [2.24, 2.45) is 16.3 Å². The van der Waals surface area contributed by atoms with Crippen LogP contribution in [0.25, 0.3) is 0 Å². The fourth-order valence-electron chi connectivity index (χ4n) is 1.02. The minimum Gasteiger partial charge on any atom is -0.409 e. The van der Waals surface area contributed by atoms with Gasteiger partial charge in [0.15, 0.2) is 5.84 Å². The minimum absolute atomic E-state index is 0.0230. The monoisotopic (exact) mass is 237 g/mol. The summed E-state index contributed by atoms with van der Waals surface area (Å²) in [4.78, 5) is 0. The lowest BCUT2D eigenvalue weighted by Crippen LogP contribution is -2.39. The number of nitrogens with two attached hydrogens (primary N) is 1. The topological polar surface area (TPSA) is 96.0 Å². The standard InChI is InChI=1S/C8H19N3O3S/c1-8(2,3)6-15(13,14)11(4)5-7(9)10-12/h12H,5-6H2,1-4H3,(H2,9,10). The van der Waals surface area contributed by atoms with Crippen molar-refractivity contribution in [2.45, 2.75) is 20.8 Å². The summed E-state index contributed by atoms with van der Waals surface area (Å²) in [6, 6.07) is 0. The molecular formula is C8H19N3O3S. The normalized spacial score (nSPS) is 14.6. The summed E-state index contributed by atoms with van der Waals surface area (Å²) in [6.07, 6.45) is 0. The summed E-state index contributed by atoms with van der Waals surface area (Å²) in [5.74, 6) is -0.107. The Bertz CT molecular complexity index is 330. The average Bonchev–Trinajstić information content (AvgIpc) is 1.99. The van der Waals surface area contributed by atoms with Crippen molar-refractivity contribution in [3.8, 4) is 0 Å². The largest absolute Gasteiger partial charge is 0.409 e. The van der Waals surface area contributed by atoms with E-state index < -0.39 is 10.0 Å². The number of oxime groups is 1. The van der Waals surface area contributed by atoms with E-state index in [2.05, 4.69) is 5.16 Å². The van der Waals surface area contributed by atoms with Crippen LogP contribution in [0.15, 0.2) is 5.16 Å². The molecule has 15 heavy (non-hydrogen) atoms. The Morgan fingerprint density at radius 2 is 1.93 bits per heavy atom. The highest BCUT2D eigenvalue weighted by atomic mass is 32.2. The second-order valence-electron chi connectivity index (χ2n) is 4.66. The molecule has 7 heteroatoms. The van der Waals surface area contributed by atoms with Crippen molar-refractivity contribution in [3.05, 3.63) is 0 Å². The van der Waals surface area contributed by atoms with Gasteiger partial charge in [-0.3, -0.25) is 0 Å². The lowest BCUT2D eigenvalue weighted by Gasteiger charge is -2.23. The number of hydrogen-bond acceptors (Lipinski definition) is 4. The molecule has 0 aromatic carbocycles. The fraction of sp³-hybridized carbons (Fsp3) is 0.875. The van der Waals surface area contributed by atoms with Crippen molar-refractivity contribution < 1.29 is 13.6 Å². The highest BCUT2D eigenvalue weighted by molar-refractivity contribution is 7.89. The Morgan fingerprint density at radius 3 is 2.27 bits per heavy atom. The maximum atomic E-state index is 11.7. The lowest BCUT2D eigenvalue weighted by molar-refractivity contribution is 0.315. The lowest BCUT2D eigenvalue weighted by atomic mass is 10.0. The number of likely N-dealkylation sites (N-methyl/N-ethyl adjacent to an activating group) is 1. The van der Waals surface area contributed by atoms with Crippen LogP contribution in [0.2, 0.25) is 0 Å². The molecule has 0 saturated carbocycles. The van der Waals surface area contributed by atoms with Gasteiger partial charge in [-0.1, -0.05) is 25.9 Å². The SMILES string of the molecule is CN(CC(N)=NO)S(=O)(=O)CC(C)(C)C. The molecule has 0 unspecified atom stereocenters. The maximum Gasteiger partial charge on any atom is 0.214 e. The van der Waals surface area contributed by atoms with Gasteiger partial charge in [-0.25, -0.2) is 8.42 Å². The van der Waals surface area contributed by atoms with Gasteiger partial charge in [0.1, 0.15) is 0 Å². The number of nitrogens with zero attached hydrogens (tertiary/aromatic N) is 2. The van der Waals surface area contributed by atoms with Gasteiger partial charge in [0.05, 0.1) is 12.3 Å². The van der Waals surface area contributed by atoms with E-state index in [-0.39, 0.29) is 23.5 Å². The second kappa shape index (κ2) is 4.80. The summed E-state index contributed by atoms with van der Waals surface area (Å²) < 4.78 is 24.5. The molecule has 0 spiro atoms. The van der Waals surface area contributed by atoms with E-state index in [0.717, 1.165) is 4.31 Å². The Balaban J connectivity index is 4.61. The van der Waals surface area contributed by atoms with Crippen LogP contribution in [-0.4, -0.2) is 43.1 Å².